The molecule has 3 N–H and O–H groups in total. The van der Waals surface area contributed by atoms with Crippen LogP contribution in [-0.4, -0.2) is 8.42 Å². The Balaban J connectivity index is 2.33. The fraction of sp³-hybridized carbons (Fsp3) is 0. The molecule has 0 fully saturated rings. The summed E-state index contributed by atoms with van der Waals surface area (Å²) in [5.74, 6) is 0. The van der Waals surface area contributed by atoms with Gasteiger partial charge in [-0.05, 0) is 36.4 Å². The Morgan fingerprint density at radius 2 is 1.89 bits per heavy atom. The molecular formula is C12H10BrClN2O2S. The number of sulfonamides is 1. The predicted molar refractivity (Wildman–Crippen MR) is 80.8 cm³/mol. The third-order valence-electron chi connectivity index (χ3n) is 2.35. The van der Waals surface area contributed by atoms with E-state index in [9.17, 15) is 8.42 Å². The predicted octanol–water partition coefficient (Wildman–Crippen LogP) is 3.49. The van der Waals surface area contributed by atoms with Crippen LogP contribution < -0.4 is 10.5 Å². The first-order chi connectivity index (χ1) is 8.88. The third kappa shape index (κ3) is 3.40. The Morgan fingerprint density at radius 3 is 2.53 bits per heavy atom. The number of nitrogen functional groups attached to an aromatic ring is 1. The van der Waals surface area contributed by atoms with Gasteiger partial charge in [-0.2, -0.15) is 0 Å². The average molecular weight is 362 g/mol. The zero-order valence-electron chi connectivity index (χ0n) is 9.60. The number of benzene rings is 2. The van der Waals surface area contributed by atoms with E-state index in [0.29, 0.717) is 20.9 Å². The van der Waals surface area contributed by atoms with E-state index in [1.165, 1.54) is 24.3 Å². The summed E-state index contributed by atoms with van der Waals surface area (Å²) in [7, 11) is -3.64. The smallest absolute Gasteiger partial charge is 0.261 e. The van der Waals surface area contributed by atoms with Crippen LogP contribution >= 0.6 is 27.5 Å². The fourth-order valence-electron chi connectivity index (χ4n) is 1.46. The van der Waals surface area contributed by atoms with Gasteiger partial charge in [0.25, 0.3) is 10.0 Å². The molecule has 0 bridgehead atoms. The molecule has 100 valence electrons. The second-order valence-electron chi connectivity index (χ2n) is 3.80. The topological polar surface area (TPSA) is 72.2 Å². The molecule has 2 aromatic carbocycles. The summed E-state index contributed by atoms with van der Waals surface area (Å²) in [5, 5.41) is 0.380. The monoisotopic (exact) mass is 360 g/mol. The largest absolute Gasteiger partial charge is 0.397 e. The summed E-state index contributed by atoms with van der Waals surface area (Å²) in [5.41, 5.74) is 6.31. The molecule has 0 amide bonds. The van der Waals surface area contributed by atoms with Crippen molar-refractivity contribution in [3.63, 3.8) is 0 Å². The molecule has 2 rings (SSSR count). The van der Waals surface area contributed by atoms with E-state index in [0.717, 1.165) is 0 Å². The number of hydrogen-bond donors (Lipinski definition) is 2. The highest BCUT2D eigenvalue weighted by Gasteiger charge is 2.14. The van der Waals surface area contributed by atoms with Crippen LogP contribution in [0.25, 0.3) is 0 Å². The Hall–Kier alpha value is -1.24. The van der Waals surface area contributed by atoms with Crippen LogP contribution in [-0.2, 0) is 10.0 Å². The molecule has 0 aliphatic rings. The van der Waals surface area contributed by atoms with Gasteiger partial charge in [0, 0.05) is 4.47 Å². The van der Waals surface area contributed by atoms with Crippen molar-refractivity contribution in [1.82, 2.24) is 0 Å². The molecule has 0 atom stereocenters. The molecule has 0 spiro atoms. The Kier molecular flexibility index (Phi) is 4.03. The van der Waals surface area contributed by atoms with E-state index in [4.69, 9.17) is 17.3 Å². The number of nitrogens with two attached hydrogens (primary N) is 1. The second kappa shape index (κ2) is 5.40. The van der Waals surface area contributed by atoms with Crippen molar-refractivity contribution < 1.29 is 8.42 Å². The Morgan fingerprint density at radius 1 is 1.16 bits per heavy atom. The van der Waals surface area contributed by atoms with Gasteiger partial charge in [-0.1, -0.05) is 33.6 Å². The second-order valence-corrected chi connectivity index (χ2v) is 6.80. The van der Waals surface area contributed by atoms with Crippen molar-refractivity contribution >= 4 is 48.9 Å². The molecular weight excluding hydrogens is 352 g/mol. The number of rotatable bonds is 3. The summed E-state index contributed by atoms with van der Waals surface area (Å²) in [6.45, 7) is 0. The Bertz CT molecular complexity index is 719. The van der Waals surface area contributed by atoms with Crippen LogP contribution in [0, 0.1) is 0 Å². The van der Waals surface area contributed by atoms with E-state index in [1.54, 1.807) is 18.2 Å². The normalized spacial score (nSPS) is 11.3. The van der Waals surface area contributed by atoms with Crippen LogP contribution in [0.4, 0.5) is 11.4 Å². The third-order valence-corrected chi connectivity index (χ3v) is 4.57. The zero-order chi connectivity index (χ0) is 14.0. The van der Waals surface area contributed by atoms with Crippen molar-refractivity contribution in [2.75, 3.05) is 10.5 Å². The summed E-state index contributed by atoms with van der Waals surface area (Å²) in [6.07, 6.45) is 0. The van der Waals surface area contributed by atoms with Gasteiger partial charge in [0.15, 0.2) is 0 Å². The maximum Gasteiger partial charge on any atom is 0.261 e. The molecule has 0 aromatic heterocycles. The molecule has 7 heteroatoms. The van der Waals surface area contributed by atoms with E-state index < -0.39 is 10.0 Å². The van der Waals surface area contributed by atoms with E-state index in [1.807, 2.05) is 0 Å². The van der Waals surface area contributed by atoms with Gasteiger partial charge < -0.3 is 5.73 Å². The van der Waals surface area contributed by atoms with Gasteiger partial charge in [-0.25, -0.2) is 8.42 Å². The molecule has 2 aromatic rings. The molecule has 0 heterocycles. The van der Waals surface area contributed by atoms with Crippen LogP contribution in [0.1, 0.15) is 0 Å². The van der Waals surface area contributed by atoms with Crippen LogP contribution in [0.3, 0.4) is 0 Å². The first kappa shape index (κ1) is 14.2. The van der Waals surface area contributed by atoms with E-state index >= 15 is 0 Å². The first-order valence-corrected chi connectivity index (χ1v) is 7.87. The van der Waals surface area contributed by atoms with Gasteiger partial charge in [-0.15, -0.1) is 0 Å². The number of anilines is 2. The minimum absolute atomic E-state index is 0.162. The van der Waals surface area contributed by atoms with Crippen LogP contribution in [0.5, 0.6) is 0 Å². The molecule has 0 saturated heterocycles. The maximum atomic E-state index is 12.1. The minimum atomic E-state index is -3.64. The van der Waals surface area contributed by atoms with Gasteiger partial charge >= 0.3 is 0 Å². The van der Waals surface area contributed by atoms with Crippen LogP contribution in [0.2, 0.25) is 5.02 Å². The molecule has 4 nitrogen and oxygen atoms in total. The number of nitrogens with one attached hydrogen (secondary N) is 1. The summed E-state index contributed by atoms with van der Waals surface area (Å²) in [4.78, 5) is 0.162. The van der Waals surface area contributed by atoms with Gasteiger partial charge in [0.2, 0.25) is 0 Å². The van der Waals surface area contributed by atoms with E-state index in [2.05, 4.69) is 20.7 Å². The lowest BCUT2D eigenvalue weighted by Gasteiger charge is -2.09. The van der Waals surface area contributed by atoms with Crippen molar-refractivity contribution in [2.24, 2.45) is 0 Å². The number of hydrogen-bond acceptors (Lipinski definition) is 3. The molecule has 0 unspecified atom stereocenters. The van der Waals surface area contributed by atoms with Gasteiger partial charge in [-0.3, -0.25) is 4.72 Å². The van der Waals surface area contributed by atoms with Crippen LogP contribution in [0.15, 0.2) is 51.8 Å². The SMILES string of the molecule is Nc1cc(NS(=O)(=O)c2cccc(Br)c2)ccc1Cl. The minimum Gasteiger partial charge on any atom is -0.397 e. The van der Waals surface area contributed by atoms with E-state index in [-0.39, 0.29) is 4.90 Å². The average Bonchev–Trinajstić information content (AvgIpc) is 2.33. The van der Waals surface area contributed by atoms with Gasteiger partial charge in [0.05, 0.1) is 21.3 Å². The summed E-state index contributed by atoms with van der Waals surface area (Å²) in [6, 6.07) is 11.0. The van der Waals surface area contributed by atoms with Crippen molar-refractivity contribution in [2.45, 2.75) is 4.90 Å². The number of halogens is 2. The molecule has 0 aliphatic carbocycles. The molecule has 0 saturated carbocycles. The highest BCUT2D eigenvalue weighted by Crippen LogP contribution is 2.25. The first-order valence-electron chi connectivity index (χ1n) is 5.22. The quantitative estimate of drug-likeness (QED) is 0.822. The lowest BCUT2D eigenvalue weighted by molar-refractivity contribution is 0.601. The molecule has 0 radical (unpaired) electrons. The van der Waals surface area contributed by atoms with Crippen molar-refractivity contribution in [3.8, 4) is 0 Å². The van der Waals surface area contributed by atoms with Crippen molar-refractivity contribution in [3.05, 3.63) is 52.0 Å². The Labute approximate surface area is 124 Å². The summed E-state index contributed by atoms with van der Waals surface area (Å²) < 4.78 is 27.4. The van der Waals surface area contributed by atoms with Gasteiger partial charge in [0.1, 0.15) is 0 Å². The lowest BCUT2D eigenvalue weighted by atomic mass is 10.3. The molecule has 19 heavy (non-hydrogen) atoms. The lowest BCUT2D eigenvalue weighted by Crippen LogP contribution is -2.13. The zero-order valence-corrected chi connectivity index (χ0v) is 12.8. The standard InChI is InChI=1S/C12H10BrClN2O2S/c13-8-2-1-3-10(6-8)19(17,18)16-9-4-5-11(14)12(15)7-9/h1-7,16H,15H2. The fourth-order valence-corrected chi connectivity index (χ4v) is 3.22. The maximum absolute atomic E-state index is 12.1. The summed E-state index contributed by atoms with van der Waals surface area (Å²) >= 11 is 9.01. The van der Waals surface area contributed by atoms with Crippen molar-refractivity contribution in [1.29, 1.82) is 0 Å². The highest BCUT2D eigenvalue weighted by molar-refractivity contribution is 9.10. The highest BCUT2D eigenvalue weighted by atomic mass is 79.9. The molecule has 0 aliphatic heterocycles.